The highest BCUT2D eigenvalue weighted by Crippen LogP contribution is 2.38. The molecule has 0 atom stereocenters. The quantitative estimate of drug-likeness (QED) is 0.707. The molecule has 0 bridgehead atoms. The molecule has 4 heteroatoms. The number of aryl methyl sites for hydroxylation is 1. The maximum Gasteiger partial charge on any atom is 0.418 e. The van der Waals surface area contributed by atoms with Gasteiger partial charge in [-0.2, -0.15) is 13.2 Å². The van der Waals surface area contributed by atoms with E-state index in [0.717, 1.165) is 0 Å². The van der Waals surface area contributed by atoms with Gasteiger partial charge < -0.3 is 0 Å². The van der Waals surface area contributed by atoms with E-state index in [0.29, 0.717) is 16.8 Å². The molecule has 1 aromatic rings. The lowest BCUT2D eigenvalue weighted by Gasteiger charge is -2.20. The van der Waals surface area contributed by atoms with Gasteiger partial charge in [-0.25, -0.2) is 0 Å². The van der Waals surface area contributed by atoms with E-state index in [9.17, 15) is 13.2 Å². The van der Waals surface area contributed by atoms with Crippen LogP contribution in [0.15, 0.2) is 0 Å². The number of rotatable bonds is 1. The molecule has 1 rings (SSSR count). The Bertz CT molecular complexity index is 406. The summed E-state index contributed by atoms with van der Waals surface area (Å²) in [6.45, 7) is 8.39. The van der Waals surface area contributed by atoms with Crippen LogP contribution in [0.1, 0.15) is 47.8 Å². The Morgan fingerprint density at radius 3 is 1.88 bits per heavy atom. The van der Waals surface area contributed by atoms with Crippen LogP contribution in [0.25, 0.3) is 0 Å². The number of aromatic nitrogens is 1. The Morgan fingerprint density at radius 2 is 1.50 bits per heavy atom. The summed E-state index contributed by atoms with van der Waals surface area (Å²) in [7, 11) is 0. The highest BCUT2D eigenvalue weighted by atomic mass is 19.4. The van der Waals surface area contributed by atoms with Gasteiger partial charge in [-0.05, 0) is 37.8 Å². The summed E-state index contributed by atoms with van der Waals surface area (Å²) in [6.07, 6.45) is -4.32. The van der Waals surface area contributed by atoms with Crippen molar-refractivity contribution in [3.8, 4) is 0 Å². The minimum atomic E-state index is -4.32. The monoisotopic (exact) mass is 231 g/mol. The van der Waals surface area contributed by atoms with Crippen molar-refractivity contribution < 1.29 is 13.2 Å². The van der Waals surface area contributed by atoms with Crippen LogP contribution >= 0.6 is 0 Å². The second-order valence-electron chi connectivity index (χ2n) is 4.36. The van der Waals surface area contributed by atoms with Crippen LogP contribution in [0.3, 0.4) is 0 Å². The first-order valence-electron chi connectivity index (χ1n) is 5.21. The number of hydrogen-bond acceptors (Lipinski definition) is 1. The van der Waals surface area contributed by atoms with Gasteiger partial charge in [0.25, 0.3) is 0 Å². The Morgan fingerprint density at radius 1 is 1.00 bits per heavy atom. The smallest absolute Gasteiger partial charge is 0.257 e. The van der Waals surface area contributed by atoms with E-state index >= 15 is 0 Å². The van der Waals surface area contributed by atoms with Crippen molar-refractivity contribution in [2.75, 3.05) is 0 Å². The summed E-state index contributed by atoms with van der Waals surface area (Å²) in [5.74, 6) is -0.227. The van der Waals surface area contributed by atoms with Gasteiger partial charge >= 0.3 is 6.18 Å². The predicted octanol–water partition coefficient (Wildman–Crippen LogP) is 4.15. The predicted molar refractivity (Wildman–Crippen MR) is 57.5 cm³/mol. The van der Waals surface area contributed by atoms with Gasteiger partial charge in [0, 0.05) is 5.69 Å². The molecule has 90 valence electrons. The fourth-order valence-corrected chi connectivity index (χ4v) is 1.75. The van der Waals surface area contributed by atoms with Crippen LogP contribution in [0.4, 0.5) is 13.2 Å². The zero-order valence-electron chi connectivity index (χ0n) is 10.2. The van der Waals surface area contributed by atoms with Gasteiger partial charge in [0.2, 0.25) is 0 Å². The zero-order valence-corrected chi connectivity index (χ0v) is 10.2. The minimum Gasteiger partial charge on any atom is -0.257 e. The van der Waals surface area contributed by atoms with E-state index in [1.165, 1.54) is 6.92 Å². The van der Waals surface area contributed by atoms with Crippen LogP contribution in [0.5, 0.6) is 0 Å². The molecular formula is C12H16F3N. The van der Waals surface area contributed by atoms with E-state index in [1.807, 2.05) is 0 Å². The number of nitrogens with zero attached hydrogens (tertiary/aromatic N) is 1. The van der Waals surface area contributed by atoms with Gasteiger partial charge in [-0.3, -0.25) is 4.98 Å². The maximum absolute atomic E-state index is 12.9. The van der Waals surface area contributed by atoms with Crippen LogP contribution < -0.4 is 0 Å². The highest BCUT2D eigenvalue weighted by molar-refractivity contribution is 5.41. The molecule has 0 aliphatic rings. The minimum absolute atomic E-state index is 0.146. The van der Waals surface area contributed by atoms with E-state index in [1.54, 1.807) is 27.7 Å². The first kappa shape index (κ1) is 13.0. The summed E-state index contributed by atoms with van der Waals surface area (Å²) < 4.78 is 38.8. The van der Waals surface area contributed by atoms with E-state index in [-0.39, 0.29) is 11.6 Å². The Balaban J connectivity index is 3.62. The molecule has 0 aliphatic carbocycles. The summed E-state index contributed by atoms with van der Waals surface area (Å²) in [6, 6.07) is 0. The molecule has 0 radical (unpaired) electrons. The van der Waals surface area contributed by atoms with Crippen LogP contribution in [-0.4, -0.2) is 4.98 Å². The second kappa shape index (κ2) is 4.07. The molecule has 0 unspecified atom stereocenters. The molecular weight excluding hydrogens is 215 g/mol. The van der Waals surface area contributed by atoms with Crippen molar-refractivity contribution >= 4 is 0 Å². The standard InChI is InChI=1S/C12H16F3N/c1-6(2)11-10(12(13,14)15)8(4)7(3)9(5)16-11/h6H,1-5H3. The van der Waals surface area contributed by atoms with E-state index < -0.39 is 11.7 Å². The molecule has 0 aromatic carbocycles. The van der Waals surface area contributed by atoms with E-state index in [2.05, 4.69) is 4.98 Å². The third-order valence-corrected chi connectivity index (χ3v) is 2.85. The van der Waals surface area contributed by atoms with Crippen LogP contribution in [0, 0.1) is 20.8 Å². The van der Waals surface area contributed by atoms with Gasteiger partial charge in [0.05, 0.1) is 11.3 Å². The summed E-state index contributed by atoms with van der Waals surface area (Å²) in [4.78, 5) is 4.08. The molecule has 0 amide bonds. The third kappa shape index (κ3) is 2.20. The number of pyridine rings is 1. The highest BCUT2D eigenvalue weighted by Gasteiger charge is 2.37. The number of alkyl halides is 3. The van der Waals surface area contributed by atoms with Crippen molar-refractivity contribution in [3.05, 3.63) is 28.1 Å². The Kier molecular flexibility index (Phi) is 3.31. The van der Waals surface area contributed by atoms with Crippen LogP contribution in [0.2, 0.25) is 0 Å². The Hall–Kier alpha value is -1.06. The topological polar surface area (TPSA) is 12.9 Å². The Labute approximate surface area is 93.7 Å². The second-order valence-corrected chi connectivity index (χ2v) is 4.36. The number of halogens is 3. The largest absolute Gasteiger partial charge is 0.418 e. The van der Waals surface area contributed by atoms with Gasteiger partial charge in [-0.1, -0.05) is 13.8 Å². The van der Waals surface area contributed by atoms with Crippen molar-refractivity contribution in [1.82, 2.24) is 4.98 Å². The molecule has 0 fully saturated rings. The average molecular weight is 231 g/mol. The molecule has 0 saturated carbocycles. The van der Waals surface area contributed by atoms with Crippen LogP contribution in [-0.2, 0) is 6.18 Å². The first-order valence-corrected chi connectivity index (χ1v) is 5.21. The fourth-order valence-electron chi connectivity index (χ4n) is 1.75. The van der Waals surface area contributed by atoms with Gasteiger partial charge in [-0.15, -0.1) is 0 Å². The molecule has 1 heterocycles. The van der Waals surface area contributed by atoms with Gasteiger partial charge in [0.1, 0.15) is 0 Å². The first-order chi connectivity index (χ1) is 7.16. The van der Waals surface area contributed by atoms with Crippen molar-refractivity contribution in [2.24, 2.45) is 0 Å². The normalized spacial score (nSPS) is 12.3. The summed E-state index contributed by atoms with van der Waals surface area (Å²) >= 11 is 0. The molecule has 1 aromatic heterocycles. The SMILES string of the molecule is Cc1nc(C(C)C)c(C(F)(F)F)c(C)c1C. The lowest BCUT2D eigenvalue weighted by molar-refractivity contribution is -0.139. The molecule has 0 saturated heterocycles. The summed E-state index contributed by atoms with van der Waals surface area (Å²) in [5, 5.41) is 0. The van der Waals surface area contributed by atoms with Crippen molar-refractivity contribution in [3.63, 3.8) is 0 Å². The maximum atomic E-state index is 12.9. The summed E-state index contributed by atoms with van der Waals surface area (Å²) in [5.41, 5.74) is 1.17. The zero-order chi connectivity index (χ0) is 12.7. The molecule has 0 N–H and O–H groups in total. The van der Waals surface area contributed by atoms with Crippen molar-refractivity contribution in [1.29, 1.82) is 0 Å². The molecule has 0 spiro atoms. The molecule has 0 aliphatic heterocycles. The van der Waals surface area contributed by atoms with Gasteiger partial charge in [0.15, 0.2) is 0 Å². The third-order valence-electron chi connectivity index (χ3n) is 2.85. The van der Waals surface area contributed by atoms with E-state index in [4.69, 9.17) is 0 Å². The molecule has 1 nitrogen and oxygen atoms in total. The lowest BCUT2D eigenvalue weighted by atomic mass is 9.95. The lowest BCUT2D eigenvalue weighted by Crippen LogP contribution is -2.16. The van der Waals surface area contributed by atoms with Crippen molar-refractivity contribution in [2.45, 2.75) is 46.7 Å². The molecule has 16 heavy (non-hydrogen) atoms. The number of hydrogen-bond donors (Lipinski definition) is 0. The average Bonchev–Trinajstić information content (AvgIpc) is 2.10. The fraction of sp³-hybridized carbons (Fsp3) is 0.583.